The van der Waals surface area contributed by atoms with Gasteiger partial charge in [-0.3, -0.25) is 15.2 Å². The first-order valence-electron chi connectivity index (χ1n) is 4.90. The molecule has 0 radical (unpaired) electrons. The molecular formula is C11H8F3N3O. The van der Waals surface area contributed by atoms with E-state index in [1.807, 2.05) is 5.43 Å². The van der Waals surface area contributed by atoms with Crippen LogP contribution in [-0.2, 0) is 6.18 Å². The van der Waals surface area contributed by atoms with E-state index in [2.05, 4.69) is 4.98 Å². The standard InChI is InChI=1S/C11H8F3N3O/c12-11(13,14)8-2-1-6-3-7(10(18)17-15)5-16-9(6)4-8/h1-5H,15H2,(H,17,18). The van der Waals surface area contributed by atoms with Crippen LogP contribution in [0.2, 0.25) is 0 Å². The number of benzene rings is 1. The monoisotopic (exact) mass is 255 g/mol. The average Bonchev–Trinajstić information content (AvgIpc) is 2.35. The SMILES string of the molecule is NNC(=O)c1cnc2cc(C(F)(F)F)ccc2c1. The summed E-state index contributed by atoms with van der Waals surface area (Å²) in [4.78, 5) is 15.0. The molecule has 4 nitrogen and oxygen atoms in total. The van der Waals surface area contributed by atoms with Crippen molar-refractivity contribution in [2.75, 3.05) is 0 Å². The Labute approximate surface area is 99.6 Å². The molecule has 1 aromatic heterocycles. The van der Waals surface area contributed by atoms with E-state index in [9.17, 15) is 18.0 Å². The summed E-state index contributed by atoms with van der Waals surface area (Å²) in [6, 6.07) is 4.55. The van der Waals surface area contributed by atoms with Gasteiger partial charge in [-0.05, 0) is 18.2 Å². The second-order valence-corrected chi connectivity index (χ2v) is 3.60. The van der Waals surface area contributed by atoms with Crippen molar-refractivity contribution < 1.29 is 18.0 Å². The highest BCUT2D eigenvalue weighted by Gasteiger charge is 2.30. The number of alkyl halides is 3. The molecule has 94 valence electrons. The minimum atomic E-state index is -4.41. The van der Waals surface area contributed by atoms with Gasteiger partial charge in [0.25, 0.3) is 5.91 Å². The summed E-state index contributed by atoms with van der Waals surface area (Å²) in [5.41, 5.74) is 1.49. The molecule has 1 aromatic carbocycles. The van der Waals surface area contributed by atoms with E-state index in [0.717, 1.165) is 12.1 Å². The van der Waals surface area contributed by atoms with Gasteiger partial charge >= 0.3 is 6.18 Å². The largest absolute Gasteiger partial charge is 0.416 e. The molecule has 1 amide bonds. The number of halogens is 3. The number of pyridine rings is 1. The molecule has 0 aliphatic heterocycles. The fourth-order valence-corrected chi connectivity index (χ4v) is 1.51. The van der Waals surface area contributed by atoms with Gasteiger partial charge in [0.05, 0.1) is 16.6 Å². The number of nitrogens with zero attached hydrogens (tertiary/aromatic N) is 1. The van der Waals surface area contributed by atoms with E-state index in [1.165, 1.54) is 18.3 Å². The lowest BCUT2D eigenvalue weighted by Gasteiger charge is -2.07. The van der Waals surface area contributed by atoms with Gasteiger partial charge in [0.15, 0.2) is 0 Å². The summed E-state index contributed by atoms with van der Waals surface area (Å²) in [6.07, 6.45) is -3.24. The topological polar surface area (TPSA) is 68.0 Å². The van der Waals surface area contributed by atoms with Gasteiger partial charge in [-0.25, -0.2) is 5.84 Å². The highest BCUT2D eigenvalue weighted by Crippen LogP contribution is 2.30. The molecular weight excluding hydrogens is 247 g/mol. The number of carbonyl (C=O) groups is 1. The second-order valence-electron chi connectivity index (χ2n) is 3.60. The molecule has 0 aliphatic carbocycles. The van der Waals surface area contributed by atoms with Crippen molar-refractivity contribution in [1.29, 1.82) is 0 Å². The second kappa shape index (κ2) is 4.26. The number of fused-ring (bicyclic) bond motifs is 1. The first kappa shape index (κ1) is 12.3. The van der Waals surface area contributed by atoms with Crippen molar-refractivity contribution >= 4 is 16.8 Å². The van der Waals surface area contributed by atoms with E-state index in [-0.39, 0.29) is 11.1 Å². The van der Waals surface area contributed by atoms with E-state index >= 15 is 0 Å². The minimum absolute atomic E-state index is 0.165. The molecule has 0 unspecified atom stereocenters. The van der Waals surface area contributed by atoms with Gasteiger partial charge in [-0.1, -0.05) is 6.07 Å². The molecule has 1 heterocycles. The van der Waals surface area contributed by atoms with Crippen LogP contribution >= 0.6 is 0 Å². The molecule has 3 N–H and O–H groups in total. The molecule has 2 rings (SSSR count). The van der Waals surface area contributed by atoms with Crippen molar-refractivity contribution in [2.24, 2.45) is 5.84 Å². The third-order valence-electron chi connectivity index (χ3n) is 2.40. The fraction of sp³-hybridized carbons (Fsp3) is 0.0909. The smallest absolute Gasteiger partial charge is 0.290 e. The van der Waals surface area contributed by atoms with Crippen LogP contribution in [0.5, 0.6) is 0 Å². The Bertz CT molecular complexity index is 610. The van der Waals surface area contributed by atoms with Crippen LogP contribution in [0.1, 0.15) is 15.9 Å². The number of rotatable bonds is 1. The number of hydrogen-bond acceptors (Lipinski definition) is 3. The minimum Gasteiger partial charge on any atom is -0.290 e. The lowest BCUT2D eigenvalue weighted by atomic mass is 10.1. The van der Waals surface area contributed by atoms with E-state index in [1.54, 1.807) is 0 Å². The lowest BCUT2D eigenvalue weighted by Crippen LogP contribution is -2.30. The maximum Gasteiger partial charge on any atom is 0.416 e. The predicted molar refractivity (Wildman–Crippen MR) is 58.4 cm³/mol. The van der Waals surface area contributed by atoms with Gasteiger partial charge in [0.1, 0.15) is 0 Å². The van der Waals surface area contributed by atoms with E-state index in [0.29, 0.717) is 5.39 Å². The van der Waals surface area contributed by atoms with Crippen molar-refractivity contribution in [2.45, 2.75) is 6.18 Å². The third-order valence-corrected chi connectivity index (χ3v) is 2.40. The van der Waals surface area contributed by atoms with Gasteiger partial charge in [0.2, 0.25) is 0 Å². The number of carbonyl (C=O) groups excluding carboxylic acids is 1. The number of hydrazine groups is 1. The lowest BCUT2D eigenvalue weighted by molar-refractivity contribution is -0.137. The first-order valence-corrected chi connectivity index (χ1v) is 4.90. The molecule has 18 heavy (non-hydrogen) atoms. The highest BCUT2D eigenvalue weighted by atomic mass is 19.4. The normalized spacial score (nSPS) is 11.6. The maximum absolute atomic E-state index is 12.5. The highest BCUT2D eigenvalue weighted by molar-refractivity contribution is 5.96. The molecule has 7 heteroatoms. The van der Waals surface area contributed by atoms with Gasteiger partial charge in [-0.15, -0.1) is 0 Å². The molecule has 0 saturated heterocycles. The number of nitrogens with two attached hydrogens (primary N) is 1. The molecule has 0 aliphatic rings. The summed E-state index contributed by atoms with van der Waals surface area (Å²) in [7, 11) is 0. The summed E-state index contributed by atoms with van der Waals surface area (Å²) < 4.78 is 37.4. The van der Waals surface area contributed by atoms with Crippen LogP contribution in [0, 0.1) is 0 Å². The molecule has 0 spiro atoms. The molecule has 2 aromatic rings. The van der Waals surface area contributed by atoms with E-state index in [4.69, 9.17) is 5.84 Å². The Kier molecular flexibility index (Phi) is 2.92. The zero-order valence-electron chi connectivity index (χ0n) is 8.95. The Morgan fingerprint density at radius 3 is 2.61 bits per heavy atom. The Balaban J connectivity index is 2.52. The number of aromatic nitrogens is 1. The number of nitrogens with one attached hydrogen (secondary N) is 1. The Hall–Kier alpha value is -2.15. The van der Waals surface area contributed by atoms with Crippen LogP contribution in [0.3, 0.4) is 0 Å². The van der Waals surface area contributed by atoms with Gasteiger partial charge in [0, 0.05) is 11.6 Å². The molecule has 0 atom stereocenters. The summed E-state index contributed by atoms with van der Waals surface area (Å²) >= 11 is 0. The maximum atomic E-state index is 12.5. The van der Waals surface area contributed by atoms with Crippen LogP contribution in [0.15, 0.2) is 30.5 Å². The summed E-state index contributed by atoms with van der Waals surface area (Å²) in [6.45, 7) is 0. The summed E-state index contributed by atoms with van der Waals surface area (Å²) in [5, 5.41) is 0.434. The van der Waals surface area contributed by atoms with Crippen molar-refractivity contribution in [3.63, 3.8) is 0 Å². The van der Waals surface area contributed by atoms with Crippen molar-refractivity contribution in [1.82, 2.24) is 10.4 Å². The number of amides is 1. The van der Waals surface area contributed by atoms with Gasteiger partial charge in [-0.2, -0.15) is 13.2 Å². The molecule has 0 bridgehead atoms. The van der Waals surface area contributed by atoms with Crippen molar-refractivity contribution in [3.8, 4) is 0 Å². The van der Waals surface area contributed by atoms with Crippen LogP contribution < -0.4 is 11.3 Å². The van der Waals surface area contributed by atoms with E-state index < -0.39 is 17.6 Å². The van der Waals surface area contributed by atoms with Crippen LogP contribution in [-0.4, -0.2) is 10.9 Å². The van der Waals surface area contributed by atoms with Gasteiger partial charge < -0.3 is 0 Å². The average molecular weight is 255 g/mol. The van der Waals surface area contributed by atoms with Crippen molar-refractivity contribution in [3.05, 3.63) is 41.6 Å². The fourth-order valence-electron chi connectivity index (χ4n) is 1.51. The van der Waals surface area contributed by atoms with Crippen LogP contribution in [0.25, 0.3) is 10.9 Å². The first-order chi connectivity index (χ1) is 8.41. The Morgan fingerprint density at radius 2 is 2.00 bits per heavy atom. The summed E-state index contributed by atoms with van der Waals surface area (Å²) in [5.74, 6) is 4.40. The third kappa shape index (κ3) is 2.25. The number of hydrogen-bond donors (Lipinski definition) is 2. The van der Waals surface area contributed by atoms with Crippen LogP contribution in [0.4, 0.5) is 13.2 Å². The zero-order valence-corrected chi connectivity index (χ0v) is 8.95. The molecule has 0 saturated carbocycles. The number of nitrogen functional groups attached to an aromatic ring is 1. The zero-order chi connectivity index (χ0) is 13.3. The molecule has 0 fully saturated rings. The quantitative estimate of drug-likeness (QED) is 0.464. The predicted octanol–water partition coefficient (Wildman–Crippen LogP) is 1.86. The Morgan fingerprint density at radius 1 is 1.28 bits per heavy atom.